The molecule has 18 aromatic rings. The summed E-state index contributed by atoms with van der Waals surface area (Å²) in [5.74, 6) is 0. The number of fused-ring (bicyclic) bond motifs is 9. The van der Waals surface area contributed by atoms with E-state index in [0.29, 0.717) is 39.5 Å². The maximum absolute atomic E-state index is 7.43. The van der Waals surface area contributed by atoms with Gasteiger partial charge in [0.25, 0.3) is 0 Å². The number of nitrogens with zero attached hydrogens (tertiary/aromatic N) is 8. The van der Waals surface area contributed by atoms with E-state index >= 15 is 0 Å². The largest absolute Gasteiger partial charge is 0.501 e. The number of pyridine rings is 8. The van der Waals surface area contributed by atoms with Crippen molar-refractivity contribution >= 4 is 66.1 Å². The summed E-state index contributed by atoms with van der Waals surface area (Å²) in [5.41, 5.74) is 17.6. The number of rotatable bonds is 6. The minimum atomic E-state index is -2.16. The summed E-state index contributed by atoms with van der Waals surface area (Å²) in [6.07, 6.45) is 8.75. The Morgan fingerprint density at radius 1 is 0.288 bits per heavy atom. The molecule has 11 nitrogen and oxygen atoms in total. The normalized spacial score (nSPS) is 13.2. The van der Waals surface area contributed by atoms with Crippen molar-refractivity contribution in [2.24, 2.45) is 0 Å². The second-order valence-corrected chi connectivity index (χ2v) is 22.9. The van der Waals surface area contributed by atoms with Crippen LogP contribution in [0.4, 0.5) is 0 Å². The molecule has 11 heterocycles. The second kappa shape index (κ2) is 35.8. The number of hydrogen-bond donors (Lipinski definition) is 0. The minimum absolute atomic E-state index is 0. The first kappa shape index (κ1) is 57.6. The van der Waals surface area contributed by atoms with Crippen LogP contribution in [0.25, 0.3) is 134 Å². The van der Waals surface area contributed by atoms with Crippen molar-refractivity contribution in [1.82, 2.24) is 39.9 Å². The van der Waals surface area contributed by atoms with E-state index in [-0.39, 0.29) is 88.1 Å². The van der Waals surface area contributed by atoms with E-state index in [1.807, 2.05) is 166 Å². The Morgan fingerprint density at radius 3 is 1.02 bits per heavy atom. The van der Waals surface area contributed by atoms with Gasteiger partial charge < -0.3 is 43.2 Å². The molecule has 0 bridgehead atoms. The summed E-state index contributed by atoms with van der Waals surface area (Å²) in [6, 6.07) is 88.7. The van der Waals surface area contributed by atoms with Gasteiger partial charge in [0, 0.05) is 146 Å². The van der Waals surface area contributed by atoms with Gasteiger partial charge in [-0.15, -0.1) is 162 Å². The fourth-order valence-electron chi connectivity index (χ4n) is 10.8. The molecule has 0 aliphatic carbocycles. The van der Waals surface area contributed by atoms with Crippen LogP contribution in [0, 0.1) is 91.4 Å². The standard InChI is InChI=1S/2C18H13N2O.C18H12NO.3C12H10N.3Ir/c1-11-6-9-16(19-10-11)15-5-3-4-13-14-8-7-12(2)20-18(14)21-17(13)15;1-11-8-9-19-16(10-11)15-5-3-4-13-14-7-6-12(2)20-18(14)21-17(13)15;1-12-9-10-16(19-11-12)15-7-4-6-14-13-5-2-3-8-17(13)20-18(14)15;3*1-10-7-8-12(13-9-10)11-5-3-2-4-6-11;;;/h2*3-4,6-10H,1-2H3;2-6,8-11H,1H3;3*2-5,7-9H,1H3;;;/q6*-1;;;/i1D3;;4*1D3;;;. The van der Waals surface area contributed by atoms with E-state index in [1.165, 1.54) is 31.0 Å². The molecule has 0 amide bonds. The smallest absolute Gasteiger partial charge is 0.216 e. The summed E-state index contributed by atoms with van der Waals surface area (Å²) in [7, 11) is 0. The predicted octanol–water partition coefficient (Wildman–Crippen LogP) is 22.2. The third-order valence-corrected chi connectivity index (χ3v) is 15.7. The summed E-state index contributed by atoms with van der Waals surface area (Å²) in [6.45, 7) is -4.67. The molecule has 11 aromatic heterocycles. The Bertz CT molecular complexity index is 6180. The minimum Gasteiger partial charge on any atom is -0.501 e. The fraction of sp³-hybridized carbons (Fsp3) is 0.0889. The van der Waals surface area contributed by atoms with Crippen molar-refractivity contribution in [3.63, 3.8) is 0 Å². The van der Waals surface area contributed by atoms with Crippen molar-refractivity contribution in [2.75, 3.05) is 0 Å². The molecule has 0 fully saturated rings. The molecular weight excluding hydrogens is 1820 g/mol. The van der Waals surface area contributed by atoms with Gasteiger partial charge in [0.2, 0.25) is 11.4 Å². The Kier molecular flexibility index (Phi) is 19.8. The Morgan fingerprint density at radius 2 is 0.654 bits per heavy atom. The molecule has 0 aliphatic rings. The molecule has 14 heteroatoms. The number of hydrogen-bond acceptors (Lipinski definition) is 11. The van der Waals surface area contributed by atoms with E-state index in [0.717, 1.165) is 111 Å². The molecule has 519 valence electrons. The summed E-state index contributed by atoms with van der Waals surface area (Å²) >= 11 is 0. The number of furan rings is 3. The molecule has 0 saturated carbocycles. The molecular formula is C90H68Ir3N8O3-6. The van der Waals surface area contributed by atoms with Gasteiger partial charge in [0.05, 0.1) is 16.7 Å². The van der Waals surface area contributed by atoms with Crippen molar-refractivity contribution in [3.8, 4) is 67.5 Å². The van der Waals surface area contributed by atoms with Gasteiger partial charge in [-0.2, -0.15) is 0 Å². The SMILES string of the molecule is Cc1ccnc(-c2[c-]ccc3c2oc2nc(C)ccc23)c1.[2H]C([2H])([2H])c1ccc(-c2[c-]ccc3c2oc2ccccc23)nc1.[2H]C([2H])([2H])c1ccc(-c2[c-]ccc3c2oc2nc(C)ccc23)nc1.[2H]C([2H])([2H])c1ccc(-c2[c-]cccc2)nc1.[2H]C([2H])([2H])c1ccc(-c2[c-]cccc2)nc1.[2H]C([2H])([2H])c1ccc(-c2[c-]cccc2)nc1.[Ir].[Ir].[Ir]. The van der Waals surface area contributed by atoms with Crippen molar-refractivity contribution in [2.45, 2.75) is 55.0 Å². The Labute approximate surface area is 667 Å². The van der Waals surface area contributed by atoms with Crippen LogP contribution in [-0.4, -0.2) is 39.9 Å². The molecule has 0 saturated heterocycles. The second-order valence-electron chi connectivity index (χ2n) is 22.9. The topological polar surface area (TPSA) is 143 Å². The maximum atomic E-state index is 7.43. The molecule has 3 radical (unpaired) electrons. The van der Waals surface area contributed by atoms with Crippen LogP contribution in [0.15, 0.2) is 281 Å². The van der Waals surface area contributed by atoms with Crippen molar-refractivity contribution in [1.29, 1.82) is 0 Å². The first-order chi connectivity index (χ1) is 55.4. The van der Waals surface area contributed by atoms with E-state index in [9.17, 15) is 0 Å². The molecule has 0 N–H and O–H groups in total. The van der Waals surface area contributed by atoms with Crippen LogP contribution in [0.3, 0.4) is 0 Å². The molecule has 0 spiro atoms. The van der Waals surface area contributed by atoms with Crippen molar-refractivity contribution in [3.05, 3.63) is 349 Å². The predicted molar refractivity (Wildman–Crippen MR) is 406 cm³/mol. The molecule has 18 rings (SSSR count). The molecule has 7 aromatic carbocycles. The Hall–Kier alpha value is -10.9. The summed E-state index contributed by atoms with van der Waals surface area (Å²) in [5, 5.41) is 5.99. The van der Waals surface area contributed by atoms with Gasteiger partial charge in [-0.05, 0) is 153 Å². The maximum Gasteiger partial charge on any atom is 0.216 e. The number of para-hydroxylation sites is 1. The van der Waals surface area contributed by atoms with Crippen LogP contribution in [0.1, 0.15) is 65.3 Å². The van der Waals surface area contributed by atoms with E-state index in [1.54, 1.807) is 78.9 Å². The Balaban J connectivity index is 0.000000151. The van der Waals surface area contributed by atoms with E-state index in [4.69, 9.17) is 33.8 Å². The molecule has 0 unspecified atom stereocenters. The zero-order valence-electron chi connectivity index (χ0n) is 70.7. The van der Waals surface area contributed by atoms with Gasteiger partial charge >= 0.3 is 0 Å². The van der Waals surface area contributed by atoms with E-state index in [2.05, 4.69) is 89.3 Å². The van der Waals surface area contributed by atoms with Crippen LogP contribution in [-0.2, 0) is 60.3 Å². The number of benzene rings is 7. The van der Waals surface area contributed by atoms with Crippen molar-refractivity contribution < 1.29 is 94.1 Å². The average molecular weight is 1900 g/mol. The van der Waals surface area contributed by atoms with Crippen LogP contribution < -0.4 is 0 Å². The third-order valence-electron chi connectivity index (χ3n) is 15.7. The number of aromatic nitrogens is 8. The monoisotopic (exact) mass is 1900 g/mol. The zero-order valence-corrected chi connectivity index (χ0v) is 62.9. The van der Waals surface area contributed by atoms with Crippen LogP contribution in [0.5, 0.6) is 0 Å². The average Bonchev–Trinajstić information content (AvgIpc) is 1.62. The van der Waals surface area contributed by atoms with Gasteiger partial charge in [-0.25, -0.2) is 9.97 Å². The van der Waals surface area contributed by atoms with E-state index < -0.39 is 34.3 Å². The summed E-state index contributed by atoms with van der Waals surface area (Å²) < 4.78 is 128. The molecule has 0 aliphatic heterocycles. The van der Waals surface area contributed by atoms with Gasteiger partial charge in [-0.3, -0.25) is 0 Å². The first-order valence-corrected chi connectivity index (χ1v) is 31.8. The zero-order chi connectivity index (χ0) is 82.1. The van der Waals surface area contributed by atoms with Gasteiger partial charge in [0.15, 0.2) is 0 Å². The van der Waals surface area contributed by atoms with Gasteiger partial charge in [0.1, 0.15) is 5.58 Å². The molecule has 0 atom stereocenters. The first-order valence-electron chi connectivity index (χ1n) is 39.3. The van der Waals surface area contributed by atoms with Crippen LogP contribution in [0.2, 0.25) is 0 Å². The summed E-state index contributed by atoms with van der Waals surface area (Å²) in [4.78, 5) is 34.3. The number of aryl methyl sites for hydroxylation is 8. The van der Waals surface area contributed by atoms with Crippen LogP contribution >= 0.6 is 0 Å². The third kappa shape index (κ3) is 18.5. The van der Waals surface area contributed by atoms with Gasteiger partial charge in [-0.1, -0.05) is 123 Å². The quantitative estimate of drug-likeness (QED) is 0.147. The fourth-order valence-corrected chi connectivity index (χ4v) is 10.8. The molecule has 104 heavy (non-hydrogen) atoms.